The van der Waals surface area contributed by atoms with E-state index in [1.807, 2.05) is 24.3 Å². The smallest absolute Gasteiger partial charge is 0.273 e. The highest BCUT2D eigenvalue weighted by atomic mass is 32.1. The van der Waals surface area contributed by atoms with Gasteiger partial charge in [0.05, 0.1) is 15.9 Å². The Balaban J connectivity index is 2.05. The van der Waals surface area contributed by atoms with Gasteiger partial charge in [0, 0.05) is 17.3 Å². The highest BCUT2D eigenvalue weighted by molar-refractivity contribution is 7.13. The van der Waals surface area contributed by atoms with Crippen molar-refractivity contribution in [2.75, 3.05) is 0 Å². The minimum Gasteiger partial charge on any atom is -0.276 e. The largest absolute Gasteiger partial charge is 0.276 e. The van der Waals surface area contributed by atoms with Gasteiger partial charge >= 0.3 is 0 Å². The molecule has 0 N–H and O–H groups in total. The van der Waals surface area contributed by atoms with Crippen LogP contribution < -0.4 is 5.56 Å². The van der Waals surface area contributed by atoms with Crippen LogP contribution in [0.1, 0.15) is 5.56 Å². The summed E-state index contributed by atoms with van der Waals surface area (Å²) in [5.74, 6) is 0. The quantitative estimate of drug-likeness (QED) is 0.508. The molecular weight excluding hydrogens is 348 g/mol. The molecule has 2 aromatic carbocycles. The molecular formula is C19H10N4O2S. The summed E-state index contributed by atoms with van der Waals surface area (Å²) in [6, 6.07) is 15.6. The molecule has 4 rings (SSSR count). The number of nitrogens with zero attached hydrogens (tertiary/aromatic N) is 4. The van der Waals surface area contributed by atoms with Gasteiger partial charge in [-0.3, -0.25) is 14.3 Å². The number of thiazole rings is 1. The monoisotopic (exact) mass is 358 g/mol. The lowest BCUT2D eigenvalue weighted by Gasteiger charge is -2.12. The first-order valence-corrected chi connectivity index (χ1v) is 8.52. The van der Waals surface area contributed by atoms with Crippen LogP contribution in [0.25, 0.3) is 27.0 Å². The molecule has 0 unspecified atom stereocenters. The molecule has 0 bridgehead atoms. The van der Waals surface area contributed by atoms with Crippen molar-refractivity contribution in [1.29, 1.82) is 5.26 Å². The second-order valence-electron chi connectivity index (χ2n) is 5.56. The van der Waals surface area contributed by atoms with E-state index in [-0.39, 0.29) is 11.3 Å². The van der Waals surface area contributed by atoms with Crippen molar-refractivity contribution < 1.29 is 0 Å². The molecule has 124 valence electrons. The first kappa shape index (κ1) is 15.9. The fourth-order valence-electron chi connectivity index (χ4n) is 2.82. The molecule has 0 fully saturated rings. The average Bonchev–Trinajstić information content (AvgIpc) is 3.22. The van der Waals surface area contributed by atoms with Crippen molar-refractivity contribution in [2.24, 2.45) is 5.18 Å². The number of benzene rings is 2. The van der Waals surface area contributed by atoms with Crippen LogP contribution in [0.5, 0.6) is 0 Å². The van der Waals surface area contributed by atoms with E-state index in [9.17, 15) is 15.0 Å². The molecule has 7 heteroatoms. The zero-order valence-electron chi connectivity index (χ0n) is 13.3. The second-order valence-corrected chi connectivity index (χ2v) is 6.44. The molecule has 2 aromatic heterocycles. The Hall–Kier alpha value is -3.63. The molecule has 0 atom stereocenters. The first-order chi connectivity index (χ1) is 12.7. The van der Waals surface area contributed by atoms with Crippen molar-refractivity contribution in [3.63, 3.8) is 0 Å². The lowest BCUT2D eigenvalue weighted by molar-refractivity contribution is 1.03. The highest BCUT2D eigenvalue weighted by Crippen LogP contribution is 2.28. The maximum atomic E-state index is 12.8. The molecule has 26 heavy (non-hydrogen) atoms. The average molecular weight is 358 g/mol. The molecule has 0 aliphatic heterocycles. The van der Waals surface area contributed by atoms with E-state index in [0.29, 0.717) is 11.2 Å². The molecule has 0 radical (unpaired) electrons. The van der Waals surface area contributed by atoms with E-state index in [1.165, 1.54) is 28.0 Å². The lowest BCUT2D eigenvalue weighted by Crippen LogP contribution is -2.21. The van der Waals surface area contributed by atoms with Crippen LogP contribution in [0.15, 0.2) is 70.2 Å². The summed E-state index contributed by atoms with van der Waals surface area (Å²) in [7, 11) is 0. The van der Waals surface area contributed by atoms with Gasteiger partial charge in [0.1, 0.15) is 17.3 Å². The predicted octanol–water partition coefficient (Wildman–Crippen LogP) is 4.38. The van der Waals surface area contributed by atoms with Crippen LogP contribution in [0.4, 0.5) is 5.69 Å². The molecule has 0 aliphatic carbocycles. The van der Waals surface area contributed by atoms with E-state index in [2.05, 4.69) is 10.2 Å². The van der Waals surface area contributed by atoms with Gasteiger partial charge in [0.15, 0.2) is 0 Å². The standard InChI is InChI=1S/C19H10N4O2S/c20-9-14-7-12-1-2-13(18-10-21-11-26-18)8-17(12)23(19(14)24)16-5-3-15(22-25)4-6-16/h1-8,10-11H. The number of hydrogen-bond donors (Lipinski definition) is 0. The van der Waals surface area contributed by atoms with E-state index in [4.69, 9.17) is 0 Å². The van der Waals surface area contributed by atoms with Gasteiger partial charge in [-0.05, 0) is 47.1 Å². The van der Waals surface area contributed by atoms with E-state index < -0.39 is 5.56 Å². The predicted molar refractivity (Wildman–Crippen MR) is 101 cm³/mol. The lowest BCUT2D eigenvalue weighted by atomic mass is 10.1. The first-order valence-electron chi connectivity index (χ1n) is 7.64. The van der Waals surface area contributed by atoms with Gasteiger partial charge in [-0.25, -0.2) is 0 Å². The fourth-order valence-corrected chi connectivity index (χ4v) is 3.44. The zero-order valence-corrected chi connectivity index (χ0v) is 14.1. The van der Waals surface area contributed by atoms with Crippen LogP contribution in [-0.2, 0) is 0 Å². The molecule has 6 nitrogen and oxygen atoms in total. The molecule has 0 amide bonds. The molecule has 2 heterocycles. The number of pyridine rings is 1. The van der Waals surface area contributed by atoms with Gasteiger partial charge in [-0.15, -0.1) is 16.2 Å². The molecule has 0 spiro atoms. The number of fused-ring (bicyclic) bond motifs is 1. The summed E-state index contributed by atoms with van der Waals surface area (Å²) in [6.45, 7) is 0. The van der Waals surface area contributed by atoms with Gasteiger partial charge in [-0.1, -0.05) is 12.1 Å². The Kier molecular flexibility index (Phi) is 3.88. The summed E-state index contributed by atoms with van der Waals surface area (Å²) < 4.78 is 1.48. The van der Waals surface area contributed by atoms with Crippen LogP contribution in [0.2, 0.25) is 0 Å². The molecule has 0 saturated heterocycles. The topological polar surface area (TPSA) is 88.1 Å². The third kappa shape index (κ3) is 2.59. The maximum Gasteiger partial charge on any atom is 0.273 e. The third-order valence-corrected chi connectivity index (χ3v) is 4.88. The Morgan fingerprint density at radius 1 is 1.12 bits per heavy atom. The number of nitroso groups, excluding NO2 is 1. The highest BCUT2D eigenvalue weighted by Gasteiger charge is 2.12. The summed E-state index contributed by atoms with van der Waals surface area (Å²) >= 11 is 1.51. The molecule has 0 saturated carbocycles. The van der Waals surface area contributed by atoms with Crippen LogP contribution in [0.3, 0.4) is 0 Å². The van der Waals surface area contributed by atoms with Crippen molar-refractivity contribution in [2.45, 2.75) is 0 Å². The molecule has 4 aromatic rings. The minimum atomic E-state index is -0.409. The van der Waals surface area contributed by atoms with Crippen LogP contribution in [0, 0.1) is 16.2 Å². The Labute approximate surface area is 151 Å². The second kappa shape index (κ2) is 6.35. The van der Waals surface area contributed by atoms with Gasteiger partial charge in [0.25, 0.3) is 5.56 Å². The summed E-state index contributed by atoms with van der Waals surface area (Å²) in [4.78, 5) is 28.5. The van der Waals surface area contributed by atoms with Crippen LogP contribution in [-0.4, -0.2) is 9.55 Å². The van der Waals surface area contributed by atoms with E-state index in [0.717, 1.165) is 15.8 Å². The van der Waals surface area contributed by atoms with E-state index in [1.54, 1.807) is 29.9 Å². The van der Waals surface area contributed by atoms with Crippen molar-refractivity contribution in [3.05, 3.63) is 81.1 Å². The zero-order chi connectivity index (χ0) is 18.1. The van der Waals surface area contributed by atoms with Gasteiger partial charge < -0.3 is 0 Å². The normalized spacial score (nSPS) is 10.6. The van der Waals surface area contributed by atoms with Crippen LogP contribution >= 0.6 is 11.3 Å². The SMILES string of the molecule is N#Cc1cc2ccc(-c3cncs3)cc2n(-c2ccc(N=O)cc2)c1=O. The number of hydrogen-bond acceptors (Lipinski definition) is 6. The third-order valence-electron chi connectivity index (χ3n) is 4.06. The van der Waals surface area contributed by atoms with Crippen molar-refractivity contribution in [3.8, 4) is 22.2 Å². The minimum absolute atomic E-state index is 0.0561. The maximum absolute atomic E-state index is 12.8. The van der Waals surface area contributed by atoms with E-state index >= 15 is 0 Å². The summed E-state index contributed by atoms with van der Waals surface area (Å²) in [5.41, 5.74) is 3.83. The number of rotatable bonds is 3. The Bertz CT molecular complexity index is 1220. The summed E-state index contributed by atoms with van der Waals surface area (Å²) in [5, 5.41) is 13.0. The van der Waals surface area contributed by atoms with Crippen molar-refractivity contribution >= 4 is 27.9 Å². The number of aromatic nitrogens is 2. The Morgan fingerprint density at radius 3 is 2.58 bits per heavy atom. The fraction of sp³-hybridized carbons (Fsp3) is 0. The molecule has 0 aliphatic rings. The van der Waals surface area contributed by atoms with Crippen molar-refractivity contribution in [1.82, 2.24) is 9.55 Å². The number of nitriles is 1. The van der Waals surface area contributed by atoms with Gasteiger partial charge in [0.2, 0.25) is 0 Å². The summed E-state index contributed by atoms with van der Waals surface area (Å²) in [6.07, 6.45) is 1.77. The van der Waals surface area contributed by atoms with Gasteiger partial charge in [-0.2, -0.15) is 5.26 Å². The Morgan fingerprint density at radius 2 is 1.92 bits per heavy atom.